The lowest BCUT2D eigenvalue weighted by Crippen LogP contribution is -2.09. The molecule has 23 heavy (non-hydrogen) atoms. The largest absolute Gasteiger partial charge is 0.416 e. The summed E-state index contributed by atoms with van der Waals surface area (Å²) in [6.07, 6.45) is -4.07. The monoisotopic (exact) mass is 396 g/mol. The van der Waals surface area contributed by atoms with Gasteiger partial charge in [-0.15, -0.1) is 11.3 Å². The highest BCUT2D eigenvalue weighted by Crippen LogP contribution is 2.36. The molecule has 5 heteroatoms. The maximum atomic E-state index is 13.1. The first-order valence-electron chi connectivity index (χ1n) is 6.93. The van der Waals surface area contributed by atoms with Crippen LogP contribution in [0.25, 0.3) is 10.4 Å². The highest BCUT2D eigenvalue weighted by molar-refractivity contribution is 9.10. The summed E-state index contributed by atoms with van der Waals surface area (Å²) in [5.74, 6) is 0. The molecule has 3 rings (SSSR count). The number of halogens is 4. The van der Waals surface area contributed by atoms with Crippen molar-refractivity contribution in [3.8, 4) is 10.4 Å². The lowest BCUT2D eigenvalue weighted by atomic mass is 10.0. The minimum absolute atomic E-state index is 0.270. The highest BCUT2D eigenvalue weighted by Gasteiger charge is 2.33. The van der Waals surface area contributed by atoms with E-state index in [0.29, 0.717) is 4.47 Å². The van der Waals surface area contributed by atoms with Gasteiger partial charge in [-0.25, -0.2) is 0 Å². The maximum absolute atomic E-state index is 13.1. The van der Waals surface area contributed by atoms with Crippen molar-refractivity contribution in [2.24, 2.45) is 0 Å². The minimum Gasteiger partial charge on any atom is -0.166 e. The summed E-state index contributed by atoms with van der Waals surface area (Å²) < 4.78 is 40.1. The molecule has 0 aliphatic rings. The van der Waals surface area contributed by atoms with E-state index in [-0.39, 0.29) is 12.0 Å². The van der Waals surface area contributed by atoms with Crippen LogP contribution >= 0.6 is 27.3 Å². The first kappa shape index (κ1) is 16.3. The van der Waals surface area contributed by atoms with Crippen molar-refractivity contribution in [3.63, 3.8) is 0 Å². The summed E-state index contributed by atoms with van der Waals surface area (Å²) >= 11 is 4.78. The molecule has 0 amide bonds. The SMILES string of the molecule is FC(F)(F)c1ccc(Br)cc1Cc1ccc(-c2ccccc2)s1. The third-order valence-electron chi connectivity index (χ3n) is 3.46. The Morgan fingerprint density at radius 2 is 1.65 bits per heavy atom. The molecule has 0 bridgehead atoms. The first-order valence-corrected chi connectivity index (χ1v) is 8.54. The predicted octanol–water partition coefficient (Wildman–Crippen LogP) is 6.79. The quantitative estimate of drug-likeness (QED) is 0.457. The molecule has 0 nitrogen and oxygen atoms in total. The van der Waals surface area contributed by atoms with Crippen LogP contribution in [0.4, 0.5) is 13.2 Å². The lowest BCUT2D eigenvalue weighted by Gasteiger charge is -2.12. The summed E-state index contributed by atoms with van der Waals surface area (Å²) in [6, 6.07) is 17.8. The number of benzene rings is 2. The molecule has 1 heterocycles. The second-order valence-corrected chi connectivity index (χ2v) is 7.19. The third kappa shape index (κ3) is 3.85. The van der Waals surface area contributed by atoms with Crippen molar-refractivity contribution < 1.29 is 13.2 Å². The molecular formula is C18H12BrF3S. The summed E-state index contributed by atoms with van der Waals surface area (Å²) in [7, 11) is 0. The predicted molar refractivity (Wildman–Crippen MR) is 91.7 cm³/mol. The Kier molecular flexibility index (Phi) is 4.60. The zero-order valence-corrected chi connectivity index (χ0v) is 14.3. The average Bonchev–Trinajstić information content (AvgIpc) is 2.95. The van der Waals surface area contributed by atoms with Gasteiger partial charge in [-0.05, 0) is 41.5 Å². The summed E-state index contributed by atoms with van der Waals surface area (Å²) in [5, 5.41) is 0. The van der Waals surface area contributed by atoms with Crippen LogP contribution in [0.5, 0.6) is 0 Å². The molecule has 0 saturated carbocycles. The molecule has 2 aromatic carbocycles. The van der Waals surface area contributed by atoms with Crippen molar-refractivity contribution in [2.45, 2.75) is 12.6 Å². The Hall–Kier alpha value is -1.59. The zero-order valence-electron chi connectivity index (χ0n) is 11.9. The van der Waals surface area contributed by atoms with Gasteiger partial charge in [-0.1, -0.05) is 46.3 Å². The summed E-state index contributed by atoms with van der Waals surface area (Å²) in [6.45, 7) is 0. The number of rotatable bonds is 3. The second-order valence-electron chi connectivity index (χ2n) is 5.11. The molecule has 0 unspecified atom stereocenters. The van der Waals surface area contributed by atoms with Crippen molar-refractivity contribution in [2.75, 3.05) is 0 Å². The number of hydrogen-bond acceptors (Lipinski definition) is 1. The van der Waals surface area contributed by atoms with Crippen LogP contribution in [0, 0.1) is 0 Å². The van der Waals surface area contributed by atoms with E-state index >= 15 is 0 Å². The van der Waals surface area contributed by atoms with Gasteiger partial charge in [-0.2, -0.15) is 13.2 Å². The van der Waals surface area contributed by atoms with E-state index in [1.807, 2.05) is 42.5 Å². The van der Waals surface area contributed by atoms with Crippen LogP contribution in [0.2, 0.25) is 0 Å². The lowest BCUT2D eigenvalue weighted by molar-refractivity contribution is -0.138. The Balaban J connectivity index is 1.91. The van der Waals surface area contributed by atoms with E-state index in [9.17, 15) is 13.2 Å². The van der Waals surface area contributed by atoms with Crippen molar-refractivity contribution in [1.29, 1.82) is 0 Å². The maximum Gasteiger partial charge on any atom is 0.416 e. The summed E-state index contributed by atoms with van der Waals surface area (Å²) in [5.41, 5.74) is 0.790. The Bertz CT molecular complexity index is 807. The van der Waals surface area contributed by atoms with Crippen LogP contribution < -0.4 is 0 Å². The van der Waals surface area contributed by atoms with Gasteiger partial charge in [0.05, 0.1) is 5.56 Å². The Morgan fingerprint density at radius 3 is 2.35 bits per heavy atom. The molecule has 0 fully saturated rings. The Morgan fingerprint density at radius 1 is 0.913 bits per heavy atom. The Labute approximate surface area is 144 Å². The van der Waals surface area contributed by atoms with Crippen molar-refractivity contribution in [1.82, 2.24) is 0 Å². The fraction of sp³-hybridized carbons (Fsp3) is 0.111. The minimum atomic E-state index is -4.34. The van der Waals surface area contributed by atoms with Gasteiger partial charge in [0.15, 0.2) is 0 Å². The molecule has 3 aromatic rings. The molecular weight excluding hydrogens is 385 g/mol. The fourth-order valence-corrected chi connectivity index (χ4v) is 3.85. The van der Waals surface area contributed by atoms with Crippen LogP contribution in [0.1, 0.15) is 16.0 Å². The molecule has 118 valence electrons. The standard InChI is InChI=1S/C18H12BrF3S/c19-14-6-8-16(18(20,21)22)13(10-14)11-15-7-9-17(23-15)12-4-2-1-3-5-12/h1-10H,11H2. The zero-order chi connectivity index (χ0) is 16.4. The van der Waals surface area contributed by atoms with Crippen LogP contribution in [-0.2, 0) is 12.6 Å². The van der Waals surface area contributed by atoms with E-state index in [4.69, 9.17) is 0 Å². The van der Waals surface area contributed by atoms with Crippen LogP contribution in [-0.4, -0.2) is 0 Å². The first-order chi connectivity index (χ1) is 10.9. The van der Waals surface area contributed by atoms with E-state index < -0.39 is 11.7 Å². The normalized spacial score (nSPS) is 11.7. The average molecular weight is 397 g/mol. The molecule has 0 spiro atoms. The van der Waals surface area contributed by atoms with Gasteiger partial charge in [0.2, 0.25) is 0 Å². The number of hydrogen-bond donors (Lipinski definition) is 0. The van der Waals surface area contributed by atoms with Gasteiger partial charge in [0.25, 0.3) is 0 Å². The van der Waals surface area contributed by atoms with Gasteiger partial charge >= 0.3 is 6.18 Å². The van der Waals surface area contributed by atoms with E-state index in [2.05, 4.69) is 15.9 Å². The van der Waals surface area contributed by atoms with E-state index in [1.54, 1.807) is 6.07 Å². The van der Waals surface area contributed by atoms with Crippen molar-refractivity contribution in [3.05, 3.63) is 81.1 Å². The van der Waals surface area contributed by atoms with Gasteiger partial charge in [0.1, 0.15) is 0 Å². The van der Waals surface area contributed by atoms with Crippen LogP contribution in [0.15, 0.2) is 65.1 Å². The molecule has 0 aliphatic carbocycles. The molecule has 0 N–H and O–H groups in total. The molecule has 0 saturated heterocycles. The van der Waals surface area contributed by atoms with E-state index in [0.717, 1.165) is 21.4 Å². The highest BCUT2D eigenvalue weighted by atomic mass is 79.9. The molecule has 0 aliphatic heterocycles. The van der Waals surface area contributed by atoms with Gasteiger partial charge in [0, 0.05) is 20.6 Å². The van der Waals surface area contributed by atoms with E-state index in [1.165, 1.54) is 17.4 Å². The topological polar surface area (TPSA) is 0 Å². The van der Waals surface area contributed by atoms with Crippen LogP contribution in [0.3, 0.4) is 0 Å². The number of alkyl halides is 3. The van der Waals surface area contributed by atoms with Crippen molar-refractivity contribution >= 4 is 27.3 Å². The molecule has 1 aromatic heterocycles. The second kappa shape index (κ2) is 6.49. The van der Waals surface area contributed by atoms with Gasteiger partial charge < -0.3 is 0 Å². The summed E-state index contributed by atoms with van der Waals surface area (Å²) in [4.78, 5) is 1.97. The molecule has 0 atom stereocenters. The number of thiophene rings is 1. The fourth-order valence-electron chi connectivity index (χ4n) is 2.40. The molecule has 0 radical (unpaired) electrons. The van der Waals surface area contributed by atoms with Gasteiger partial charge in [-0.3, -0.25) is 0 Å². The third-order valence-corrected chi connectivity index (χ3v) is 5.08. The smallest absolute Gasteiger partial charge is 0.166 e.